The molecule has 0 aromatic rings. The van der Waals surface area contributed by atoms with Gasteiger partial charge in [-0.2, -0.15) is 0 Å². The molecule has 9 N–H and O–H groups in total. The molecule has 0 spiro atoms. The molecule has 2 saturated heterocycles. The zero-order chi connectivity index (χ0) is 65.2. The molecule has 2 rings (SSSR count). The summed E-state index contributed by atoms with van der Waals surface area (Å²) in [5.74, 6) is -0.229. The lowest BCUT2D eigenvalue weighted by molar-refractivity contribution is -0.359. The predicted octanol–water partition coefficient (Wildman–Crippen LogP) is 16.9. The molecule has 14 nitrogen and oxygen atoms in total. The first kappa shape index (κ1) is 84.8. The second kappa shape index (κ2) is 61.3. The fourth-order valence-electron chi connectivity index (χ4n) is 13.3. The number of carbonyl (C=O) groups is 1. The van der Waals surface area contributed by atoms with Crippen molar-refractivity contribution in [2.75, 3.05) is 19.8 Å². The maximum absolute atomic E-state index is 13.4. The lowest BCUT2D eigenvalue weighted by atomic mass is 9.97. The Morgan fingerprint density at radius 2 is 0.689 bits per heavy atom. The molecule has 2 heterocycles. The van der Waals surface area contributed by atoms with Gasteiger partial charge in [-0.3, -0.25) is 4.79 Å². The molecule has 534 valence electrons. The fourth-order valence-corrected chi connectivity index (χ4v) is 13.3. The van der Waals surface area contributed by atoms with E-state index in [1.165, 1.54) is 308 Å². The third kappa shape index (κ3) is 44.5. The van der Waals surface area contributed by atoms with Crippen LogP contribution >= 0.6 is 0 Å². The van der Waals surface area contributed by atoms with Gasteiger partial charge in [0.1, 0.15) is 48.8 Å². The number of hydrogen-bond acceptors (Lipinski definition) is 13. The van der Waals surface area contributed by atoms with E-state index in [9.17, 15) is 45.6 Å². The van der Waals surface area contributed by atoms with Crippen LogP contribution in [0.5, 0.6) is 0 Å². The van der Waals surface area contributed by atoms with Gasteiger partial charge in [-0.1, -0.05) is 360 Å². The van der Waals surface area contributed by atoms with Crippen molar-refractivity contribution < 1.29 is 64.6 Å². The van der Waals surface area contributed by atoms with Gasteiger partial charge in [-0.15, -0.1) is 0 Å². The molecule has 0 bridgehead atoms. The van der Waals surface area contributed by atoms with E-state index in [1.807, 2.05) is 6.08 Å². The van der Waals surface area contributed by atoms with Crippen molar-refractivity contribution >= 4 is 5.91 Å². The summed E-state index contributed by atoms with van der Waals surface area (Å²) in [5, 5.41) is 87.6. The van der Waals surface area contributed by atoms with Crippen molar-refractivity contribution in [2.24, 2.45) is 0 Å². The molecule has 0 aromatic carbocycles. The zero-order valence-electron chi connectivity index (χ0n) is 58.4. The normalized spacial score (nSPS) is 22.9. The van der Waals surface area contributed by atoms with Gasteiger partial charge >= 0.3 is 0 Å². The molecule has 2 aliphatic heterocycles. The van der Waals surface area contributed by atoms with Crippen LogP contribution in [0.3, 0.4) is 0 Å². The maximum atomic E-state index is 13.4. The van der Waals surface area contributed by atoms with Crippen LogP contribution in [0.2, 0.25) is 0 Å². The average Bonchev–Trinajstić information content (AvgIpc) is 1.20. The summed E-state index contributed by atoms with van der Waals surface area (Å²) < 4.78 is 22.9. The van der Waals surface area contributed by atoms with E-state index in [4.69, 9.17) is 18.9 Å². The monoisotopic (exact) mass is 1280 g/mol. The third-order valence-electron chi connectivity index (χ3n) is 19.5. The zero-order valence-corrected chi connectivity index (χ0v) is 58.4. The Labute approximate surface area is 552 Å². The van der Waals surface area contributed by atoms with E-state index in [-0.39, 0.29) is 18.9 Å². The molecule has 1 amide bonds. The van der Waals surface area contributed by atoms with Crippen LogP contribution in [0, 0.1) is 0 Å². The number of ether oxygens (including phenoxy) is 4. The van der Waals surface area contributed by atoms with Gasteiger partial charge in [0.2, 0.25) is 5.91 Å². The molecule has 0 aliphatic carbocycles. The summed E-state index contributed by atoms with van der Waals surface area (Å²) in [6.07, 6.45) is 60.0. The Hall–Kier alpha value is -1.27. The summed E-state index contributed by atoms with van der Waals surface area (Å²) in [5.41, 5.74) is 0. The summed E-state index contributed by atoms with van der Waals surface area (Å²) in [7, 11) is 0. The number of aliphatic hydroxyl groups is 8. The van der Waals surface area contributed by atoms with Crippen LogP contribution in [-0.2, 0) is 23.7 Å². The van der Waals surface area contributed by atoms with Crippen LogP contribution in [0.15, 0.2) is 12.2 Å². The van der Waals surface area contributed by atoms with Crippen LogP contribution in [0.25, 0.3) is 0 Å². The first-order valence-corrected chi connectivity index (χ1v) is 38.9. The Morgan fingerprint density at radius 3 is 1.02 bits per heavy atom. The van der Waals surface area contributed by atoms with E-state index in [0.717, 1.165) is 44.9 Å². The second-order valence-electron chi connectivity index (χ2n) is 27.9. The van der Waals surface area contributed by atoms with Crippen molar-refractivity contribution in [3.05, 3.63) is 12.2 Å². The standard InChI is InChI=1S/C76H147NO13/c1-3-5-7-9-11-13-15-17-19-21-23-25-27-29-31-32-33-34-36-38-40-42-44-46-48-50-52-54-56-58-60-68(81)77-64(63-87-75-73(86)71(84)74(67(62-79)89-75)90-76-72(85)70(83)69(82)66(61-78)88-76)65(80)59-57-55-53-51-49-47-45-43-41-39-37-35-30-28-26-24-22-20-18-16-14-12-10-8-6-4-2/h57,59,64-67,69-76,78-80,82-86H,3-56,58,60-63H2,1-2H3,(H,77,81)/b59-57+. The number of nitrogens with one attached hydrogen (secondary N) is 1. The average molecular weight is 1280 g/mol. The van der Waals surface area contributed by atoms with Gasteiger partial charge in [-0.25, -0.2) is 0 Å². The summed E-state index contributed by atoms with van der Waals surface area (Å²) >= 11 is 0. The van der Waals surface area contributed by atoms with Crippen molar-refractivity contribution in [3.8, 4) is 0 Å². The minimum absolute atomic E-state index is 0.229. The van der Waals surface area contributed by atoms with Gasteiger partial charge in [0, 0.05) is 6.42 Å². The quantitative estimate of drug-likeness (QED) is 0.0204. The molecular formula is C76H147NO13. The minimum Gasteiger partial charge on any atom is -0.394 e. The highest BCUT2D eigenvalue weighted by atomic mass is 16.7. The smallest absolute Gasteiger partial charge is 0.220 e. The first-order chi connectivity index (χ1) is 44.1. The molecule has 14 heteroatoms. The van der Waals surface area contributed by atoms with Crippen LogP contribution in [-0.4, -0.2) is 140 Å². The highest BCUT2D eigenvalue weighted by Crippen LogP contribution is 2.30. The molecule has 0 saturated carbocycles. The van der Waals surface area contributed by atoms with Crippen LogP contribution in [0.1, 0.15) is 373 Å². The van der Waals surface area contributed by atoms with E-state index >= 15 is 0 Å². The molecule has 2 fully saturated rings. The second-order valence-corrected chi connectivity index (χ2v) is 27.9. The number of amides is 1. The molecule has 12 atom stereocenters. The third-order valence-corrected chi connectivity index (χ3v) is 19.5. The molecule has 12 unspecified atom stereocenters. The Morgan fingerprint density at radius 1 is 0.389 bits per heavy atom. The predicted molar refractivity (Wildman–Crippen MR) is 369 cm³/mol. The highest BCUT2D eigenvalue weighted by molar-refractivity contribution is 5.76. The van der Waals surface area contributed by atoms with E-state index < -0.39 is 86.8 Å². The highest BCUT2D eigenvalue weighted by Gasteiger charge is 2.51. The number of allylic oxidation sites excluding steroid dienone is 1. The van der Waals surface area contributed by atoms with E-state index in [2.05, 4.69) is 19.2 Å². The van der Waals surface area contributed by atoms with Crippen molar-refractivity contribution in [1.82, 2.24) is 5.32 Å². The number of rotatable bonds is 66. The molecular weight excluding hydrogens is 1130 g/mol. The van der Waals surface area contributed by atoms with Crippen molar-refractivity contribution in [3.63, 3.8) is 0 Å². The fraction of sp³-hybridized carbons (Fsp3) is 0.961. The largest absolute Gasteiger partial charge is 0.394 e. The first-order valence-electron chi connectivity index (χ1n) is 38.9. The van der Waals surface area contributed by atoms with Crippen molar-refractivity contribution in [2.45, 2.75) is 447 Å². The van der Waals surface area contributed by atoms with Crippen molar-refractivity contribution in [1.29, 1.82) is 0 Å². The Bertz CT molecular complexity index is 1560. The van der Waals surface area contributed by atoms with Gasteiger partial charge in [0.05, 0.1) is 32.0 Å². The SMILES string of the molecule is CCCCCCCCCCCCCCCCCCCCCCCCCC/C=C/C(O)C(COC1OC(CO)C(OC2OC(CO)C(O)C(O)C2O)C(O)C1O)NC(=O)CCCCCCCCCCCCCCCCCCCCCCCCCCCCCCCC. The molecule has 0 aromatic heterocycles. The lowest BCUT2D eigenvalue weighted by Crippen LogP contribution is -2.65. The molecule has 2 aliphatic rings. The lowest BCUT2D eigenvalue weighted by Gasteiger charge is -2.46. The number of aliphatic hydroxyl groups excluding tert-OH is 8. The van der Waals surface area contributed by atoms with Crippen LogP contribution < -0.4 is 5.32 Å². The van der Waals surface area contributed by atoms with Gasteiger partial charge in [-0.05, 0) is 19.3 Å². The Kier molecular flexibility index (Phi) is 57.8. The topological polar surface area (TPSA) is 228 Å². The summed E-state index contributed by atoms with van der Waals surface area (Å²) in [4.78, 5) is 13.4. The summed E-state index contributed by atoms with van der Waals surface area (Å²) in [6, 6.07) is -0.912. The van der Waals surface area contributed by atoms with E-state index in [1.54, 1.807) is 6.08 Å². The maximum Gasteiger partial charge on any atom is 0.220 e. The van der Waals surface area contributed by atoms with Gasteiger partial charge < -0.3 is 65.1 Å². The van der Waals surface area contributed by atoms with Crippen LogP contribution in [0.4, 0.5) is 0 Å². The van der Waals surface area contributed by atoms with Gasteiger partial charge in [0.25, 0.3) is 0 Å². The number of unbranched alkanes of at least 4 members (excludes halogenated alkanes) is 53. The summed E-state index contributed by atoms with van der Waals surface area (Å²) in [6.45, 7) is 2.88. The number of hydrogen-bond donors (Lipinski definition) is 9. The van der Waals surface area contributed by atoms with E-state index in [0.29, 0.717) is 0 Å². The Balaban J connectivity index is 1.63. The molecule has 0 radical (unpaired) electrons. The number of carbonyl (C=O) groups excluding carboxylic acids is 1. The minimum atomic E-state index is -1.79. The van der Waals surface area contributed by atoms with Gasteiger partial charge in [0.15, 0.2) is 12.6 Å². The molecule has 90 heavy (non-hydrogen) atoms.